The average molecular weight is 287 g/mol. The van der Waals surface area contributed by atoms with Crippen LogP contribution in [0.2, 0.25) is 0 Å². The number of aromatic nitrogens is 2. The zero-order valence-corrected chi connectivity index (χ0v) is 12.1. The summed E-state index contributed by atoms with van der Waals surface area (Å²) in [4.78, 5) is 22.6. The highest BCUT2D eigenvalue weighted by Crippen LogP contribution is 2.19. The van der Waals surface area contributed by atoms with E-state index in [1.807, 2.05) is 0 Å². The molecular weight excluding hydrogens is 270 g/mol. The number of carbonyl (C=O) groups excluding carboxylic acids is 1. The van der Waals surface area contributed by atoms with E-state index in [0.717, 1.165) is 5.56 Å². The van der Waals surface area contributed by atoms with Crippen molar-refractivity contribution in [3.63, 3.8) is 0 Å². The van der Waals surface area contributed by atoms with Crippen LogP contribution in [0.5, 0.6) is 0 Å². The number of H-pyrrole nitrogens is 1. The van der Waals surface area contributed by atoms with Gasteiger partial charge in [0.25, 0.3) is 5.56 Å². The summed E-state index contributed by atoms with van der Waals surface area (Å²) in [6.45, 7) is 5.41. The van der Waals surface area contributed by atoms with Gasteiger partial charge in [-0.05, 0) is 39.0 Å². The van der Waals surface area contributed by atoms with E-state index in [-0.39, 0.29) is 5.56 Å². The summed E-state index contributed by atoms with van der Waals surface area (Å²) in [5.74, 6) is 0. The van der Waals surface area contributed by atoms with E-state index in [9.17, 15) is 9.59 Å². The third-order valence-corrected chi connectivity index (χ3v) is 2.51. The number of rotatable bonds is 2. The van der Waals surface area contributed by atoms with Crippen molar-refractivity contribution in [2.45, 2.75) is 26.4 Å². The van der Waals surface area contributed by atoms with Crippen LogP contribution >= 0.6 is 0 Å². The number of anilines is 1. The highest BCUT2D eigenvalue weighted by atomic mass is 16.6. The first-order valence-electron chi connectivity index (χ1n) is 6.50. The fraction of sp³-hybridized carbons (Fsp3) is 0.267. The minimum atomic E-state index is -0.538. The molecule has 0 radical (unpaired) electrons. The Kier molecular flexibility index (Phi) is 4.07. The standard InChI is InChI=1S/C15H17N3O3/c1-15(2,3)21-14(20)16-11-6-4-10(5-7-11)12-8-9-13(19)18-17-12/h4-9H,1-3H3,(H,16,20)(H,18,19). The van der Waals surface area contributed by atoms with Crippen LogP contribution in [0.25, 0.3) is 11.3 Å². The summed E-state index contributed by atoms with van der Waals surface area (Å²) in [6.07, 6.45) is -0.502. The van der Waals surface area contributed by atoms with Gasteiger partial charge in [-0.3, -0.25) is 10.1 Å². The summed E-state index contributed by atoms with van der Waals surface area (Å²) in [7, 11) is 0. The Morgan fingerprint density at radius 1 is 1.14 bits per heavy atom. The monoisotopic (exact) mass is 287 g/mol. The van der Waals surface area contributed by atoms with E-state index >= 15 is 0 Å². The number of nitrogens with one attached hydrogen (secondary N) is 2. The van der Waals surface area contributed by atoms with Gasteiger partial charge < -0.3 is 4.74 Å². The fourth-order valence-corrected chi connectivity index (χ4v) is 1.65. The smallest absolute Gasteiger partial charge is 0.412 e. The zero-order valence-electron chi connectivity index (χ0n) is 12.1. The maximum Gasteiger partial charge on any atom is 0.412 e. The lowest BCUT2D eigenvalue weighted by molar-refractivity contribution is 0.0636. The van der Waals surface area contributed by atoms with Crippen LogP contribution in [0.3, 0.4) is 0 Å². The predicted molar refractivity (Wildman–Crippen MR) is 80.2 cm³/mol. The van der Waals surface area contributed by atoms with E-state index in [0.29, 0.717) is 11.4 Å². The lowest BCUT2D eigenvalue weighted by Gasteiger charge is -2.19. The Morgan fingerprint density at radius 2 is 1.81 bits per heavy atom. The second-order valence-electron chi connectivity index (χ2n) is 5.51. The molecule has 0 saturated heterocycles. The molecule has 0 fully saturated rings. The second kappa shape index (κ2) is 5.78. The normalized spacial score (nSPS) is 11.0. The average Bonchev–Trinajstić information content (AvgIpc) is 2.38. The van der Waals surface area contributed by atoms with Crippen molar-refractivity contribution in [1.29, 1.82) is 0 Å². The highest BCUT2D eigenvalue weighted by Gasteiger charge is 2.16. The van der Waals surface area contributed by atoms with Crippen molar-refractivity contribution in [2.24, 2.45) is 0 Å². The van der Waals surface area contributed by atoms with E-state index < -0.39 is 11.7 Å². The lowest BCUT2D eigenvalue weighted by atomic mass is 10.1. The molecule has 2 rings (SSSR count). The number of hydrogen-bond acceptors (Lipinski definition) is 4. The van der Waals surface area contributed by atoms with Crippen LogP contribution in [0, 0.1) is 0 Å². The van der Waals surface area contributed by atoms with Gasteiger partial charge in [0.05, 0.1) is 5.69 Å². The molecule has 0 saturated carbocycles. The first-order valence-corrected chi connectivity index (χ1v) is 6.50. The molecule has 0 aliphatic rings. The van der Waals surface area contributed by atoms with Gasteiger partial charge in [0.15, 0.2) is 0 Å². The van der Waals surface area contributed by atoms with Crippen LogP contribution in [-0.2, 0) is 4.74 Å². The zero-order chi connectivity index (χ0) is 15.5. The number of amides is 1. The molecule has 1 heterocycles. The quantitative estimate of drug-likeness (QED) is 0.889. The summed E-state index contributed by atoms with van der Waals surface area (Å²) >= 11 is 0. The fourth-order valence-electron chi connectivity index (χ4n) is 1.65. The number of ether oxygens (including phenoxy) is 1. The van der Waals surface area contributed by atoms with Crippen LogP contribution < -0.4 is 10.9 Å². The van der Waals surface area contributed by atoms with Gasteiger partial charge in [0.1, 0.15) is 5.60 Å². The Morgan fingerprint density at radius 3 is 2.33 bits per heavy atom. The summed E-state index contributed by atoms with van der Waals surface area (Å²) in [5, 5.41) is 8.96. The SMILES string of the molecule is CC(C)(C)OC(=O)Nc1ccc(-c2ccc(=O)[nH]n2)cc1. The molecular formula is C15H17N3O3. The van der Waals surface area contributed by atoms with Crippen molar-refractivity contribution in [3.05, 3.63) is 46.8 Å². The van der Waals surface area contributed by atoms with E-state index in [2.05, 4.69) is 15.5 Å². The van der Waals surface area contributed by atoms with Crippen molar-refractivity contribution in [1.82, 2.24) is 10.2 Å². The van der Waals surface area contributed by atoms with Gasteiger partial charge in [0, 0.05) is 17.3 Å². The van der Waals surface area contributed by atoms with Crippen molar-refractivity contribution in [2.75, 3.05) is 5.32 Å². The van der Waals surface area contributed by atoms with Crippen LogP contribution in [0.15, 0.2) is 41.2 Å². The third-order valence-electron chi connectivity index (χ3n) is 2.51. The van der Waals surface area contributed by atoms with Crippen LogP contribution in [-0.4, -0.2) is 21.9 Å². The maximum absolute atomic E-state index is 11.6. The minimum Gasteiger partial charge on any atom is -0.444 e. The molecule has 0 unspecified atom stereocenters. The first kappa shape index (κ1) is 14.8. The van der Waals surface area contributed by atoms with Crippen molar-refractivity contribution < 1.29 is 9.53 Å². The number of nitrogens with zero attached hydrogens (tertiary/aromatic N) is 1. The maximum atomic E-state index is 11.6. The molecule has 1 aromatic carbocycles. The molecule has 6 heteroatoms. The van der Waals surface area contributed by atoms with E-state index in [1.54, 1.807) is 51.1 Å². The molecule has 2 aromatic rings. The van der Waals surface area contributed by atoms with Crippen LogP contribution in [0.4, 0.5) is 10.5 Å². The topological polar surface area (TPSA) is 84.1 Å². The largest absolute Gasteiger partial charge is 0.444 e. The Labute approximate surface area is 122 Å². The molecule has 6 nitrogen and oxygen atoms in total. The second-order valence-corrected chi connectivity index (χ2v) is 5.51. The van der Waals surface area contributed by atoms with Crippen molar-refractivity contribution in [3.8, 4) is 11.3 Å². The molecule has 110 valence electrons. The van der Waals surface area contributed by atoms with Gasteiger partial charge in [0.2, 0.25) is 0 Å². The summed E-state index contributed by atoms with van der Waals surface area (Å²) < 4.78 is 5.17. The predicted octanol–water partition coefficient (Wildman–Crippen LogP) is 2.78. The van der Waals surface area contributed by atoms with Gasteiger partial charge in [-0.2, -0.15) is 5.10 Å². The lowest BCUT2D eigenvalue weighted by Crippen LogP contribution is -2.27. The molecule has 0 aliphatic carbocycles. The summed E-state index contributed by atoms with van der Waals surface area (Å²) in [5.41, 5.74) is 1.32. The molecule has 2 N–H and O–H groups in total. The van der Waals surface area contributed by atoms with Crippen molar-refractivity contribution >= 4 is 11.8 Å². The minimum absolute atomic E-state index is 0.248. The van der Waals surface area contributed by atoms with E-state index in [1.165, 1.54) is 6.07 Å². The third kappa shape index (κ3) is 4.45. The molecule has 0 atom stereocenters. The van der Waals surface area contributed by atoms with Gasteiger partial charge >= 0.3 is 6.09 Å². The Balaban J connectivity index is 2.07. The number of benzene rings is 1. The number of aromatic amines is 1. The van der Waals surface area contributed by atoms with E-state index in [4.69, 9.17) is 4.74 Å². The number of hydrogen-bond donors (Lipinski definition) is 2. The molecule has 1 aromatic heterocycles. The molecule has 0 aliphatic heterocycles. The number of carbonyl (C=O) groups is 1. The molecule has 21 heavy (non-hydrogen) atoms. The summed E-state index contributed by atoms with van der Waals surface area (Å²) in [6, 6.07) is 10.1. The molecule has 0 bridgehead atoms. The first-order chi connectivity index (χ1) is 9.83. The van der Waals surface area contributed by atoms with Gasteiger partial charge in [-0.15, -0.1) is 0 Å². The van der Waals surface area contributed by atoms with Gasteiger partial charge in [-0.25, -0.2) is 9.89 Å². The van der Waals surface area contributed by atoms with Crippen LogP contribution in [0.1, 0.15) is 20.8 Å². The van der Waals surface area contributed by atoms with Gasteiger partial charge in [-0.1, -0.05) is 12.1 Å². The molecule has 1 amide bonds. The highest BCUT2D eigenvalue weighted by molar-refractivity contribution is 5.85. The Bertz CT molecular complexity index is 664. The Hall–Kier alpha value is -2.63. The molecule has 0 spiro atoms.